The van der Waals surface area contributed by atoms with E-state index in [-0.39, 0.29) is 6.04 Å². The largest absolute Gasteiger partial charge is 0.390 e. The van der Waals surface area contributed by atoms with Crippen LogP contribution in [0.4, 0.5) is 5.82 Å². The lowest BCUT2D eigenvalue weighted by Crippen LogP contribution is -2.39. The van der Waals surface area contributed by atoms with Crippen LogP contribution in [0.3, 0.4) is 0 Å². The van der Waals surface area contributed by atoms with Gasteiger partial charge in [0.15, 0.2) is 0 Å². The molecule has 0 aromatic carbocycles. The van der Waals surface area contributed by atoms with Gasteiger partial charge in [0.05, 0.1) is 22.4 Å². The van der Waals surface area contributed by atoms with Crippen molar-refractivity contribution in [3.63, 3.8) is 0 Å². The summed E-state index contributed by atoms with van der Waals surface area (Å²) in [4.78, 5) is 8.63. The number of anilines is 1. The van der Waals surface area contributed by atoms with E-state index in [0.29, 0.717) is 12.8 Å². The van der Waals surface area contributed by atoms with Gasteiger partial charge in [-0.15, -0.1) is 0 Å². The molecule has 0 spiro atoms. The molecule has 1 heterocycles. The maximum Gasteiger partial charge on any atom is 0.144 e. The Morgan fingerprint density at radius 2 is 1.89 bits per heavy atom. The van der Waals surface area contributed by atoms with Gasteiger partial charge in [-0.2, -0.15) is 0 Å². The Bertz CT molecular complexity index is 442. The molecule has 1 aliphatic rings. The van der Waals surface area contributed by atoms with Gasteiger partial charge in [-0.05, 0) is 49.0 Å². The number of aliphatic hydroxyl groups is 2. The van der Waals surface area contributed by atoms with Crippen LogP contribution in [0.25, 0.3) is 0 Å². The lowest BCUT2D eigenvalue weighted by Gasteiger charge is -2.31. The Kier molecular flexibility index (Phi) is 4.19. The van der Waals surface area contributed by atoms with Crippen molar-refractivity contribution in [2.75, 3.05) is 5.32 Å². The highest BCUT2D eigenvalue weighted by Crippen LogP contribution is 2.27. The lowest BCUT2D eigenvalue weighted by molar-refractivity contribution is -0.0120. The number of aliphatic hydroxyl groups excluding tert-OH is 2. The molecule has 100 valence electrons. The van der Waals surface area contributed by atoms with E-state index in [9.17, 15) is 10.2 Å². The van der Waals surface area contributed by atoms with Gasteiger partial charge >= 0.3 is 0 Å². The number of hydrogen-bond donors (Lipinski definition) is 3. The molecule has 18 heavy (non-hydrogen) atoms. The fourth-order valence-corrected chi connectivity index (χ4v) is 2.54. The minimum Gasteiger partial charge on any atom is -0.390 e. The number of aryl methyl sites for hydroxylation is 2. The normalized spacial score (nSPS) is 28.2. The summed E-state index contributed by atoms with van der Waals surface area (Å²) in [6.45, 7) is 3.77. The van der Waals surface area contributed by atoms with Gasteiger partial charge < -0.3 is 15.5 Å². The number of rotatable bonds is 2. The van der Waals surface area contributed by atoms with E-state index >= 15 is 0 Å². The molecule has 1 fully saturated rings. The zero-order chi connectivity index (χ0) is 13.3. The first-order valence-corrected chi connectivity index (χ1v) is 6.90. The lowest BCUT2D eigenvalue weighted by atomic mass is 9.90. The Morgan fingerprint density at radius 1 is 1.17 bits per heavy atom. The maximum atomic E-state index is 9.67. The van der Waals surface area contributed by atoms with Crippen LogP contribution in [0.15, 0.2) is 4.47 Å². The second-order valence-electron chi connectivity index (χ2n) is 4.81. The Labute approximate surface area is 115 Å². The Balaban J connectivity index is 2.10. The molecule has 6 heteroatoms. The molecule has 5 nitrogen and oxygen atoms in total. The fourth-order valence-electron chi connectivity index (χ4n) is 2.25. The van der Waals surface area contributed by atoms with Crippen LogP contribution in [0.1, 0.15) is 30.8 Å². The molecule has 1 unspecified atom stereocenters. The Morgan fingerprint density at radius 3 is 2.56 bits per heavy atom. The standard InChI is InChI=1S/C12H18BrN3O2/c1-6-11(13)12(15-7(2)14-6)16-8-3-4-9(17)10(18)5-8/h8-10,17-18H,3-5H2,1-2H3,(H,14,15,16)/t8?,9-,10+/m1/s1. The SMILES string of the molecule is Cc1nc(C)c(Br)c(NC2CC[C@@H](O)[C@@H](O)C2)n1. The smallest absolute Gasteiger partial charge is 0.144 e. The first kappa shape index (κ1) is 13.7. The van der Waals surface area contributed by atoms with Crippen molar-refractivity contribution in [3.8, 4) is 0 Å². The molecule has 3 atom stereocenters. The molecule has 0 radical (unpaired) electrons. The van der Waals surface area contributed by atoms with E-state index in [1.54, 1.807) is 0 Å². The van der Waals surface area contributed by atoms with E-state index in [2.05, 4.69) is 31.2 Å². The van der Waals surface area contributed by atoms with Gasteiger partial charge in [0.2, 0.25) is 0 Å². The van der Waals surface area contributed by atoms with E-state index in [0.717, 1.165) is 28.2 Å². The summed E-state index contributed by atoms with van der Waals surface area (Å²) >= 11 is 3.47. The molecular formula is C12H18BrN3O2. The molecule has 1 aliphatic carbocycles. The molecule has 2 rings (SSSR count). The Hall–Kier alpha value is -0.720. The summed E-state index contributed by atoms with van der Waals surface area (Å²) in [6.07, 6.45) is 0.724. The van der Waals surface area contributed by atoms with E-state index in [1.165, 1.54) is 0 Å². The third-order valence-electron chi connectivity index (χ3n) is 3.25. The van der Waals surface area contributed by atoms with Gasteiger partial charge in [-0.3, -0.25) is 0 Å². The zero-order valence-corrected chi connectivity index (χ0v) is 12.1. The monoisotopic (exact) mass is 315 g/mol. The number of nitrogens with zero attached hydrogens (tertiary/aromatic N) is 2. The van der Waals surface area contributed by atoms with Crippen LogP contribution >= 0.6 is 15.9 Å². The minimum absolute atomic E-state index is 0.133. The molecule has 0 amide bonds. The quantitative estimate of drug-likeness (QED) is 0.771. The van der Waals surface area contributed by atoms with Crippen LogP contribution in [0, 0.1) is 13.8 Å². The van der Waals surface area contributed by atoms with E-state index in [4.69, 9.17) is 0 Å². The summed E-state index contributed by atoms with van der Waals surface area (Å²) in [6, 6.07) is 0.133. The number of hydrogen-bond acceptors (Lipinski definition) is 5. The second kappa shape index (κ2) is 5.50. The van der Waals surface area contributed by atoms with Crippen molar-refractivity contribution >= 4 is 21.7 Å². The summed E-state index contributed by atoms with van der Waals surface area (Å²) < 4.78 is 0.855. The molecule has 1 aromatic heterocycles. The fraction of sp³-hybridized carbons (Fsp3) is 0.667. The highest BCUT2D eigenvalue weighted by Gasteiger charge is 2.28. The first-order valence-electron chi connectivity index (χ1n) is 6.10. The van der Waals surface area contributed by atoms with Crippen molar-refractivity contribution in [3.05, 3.63) is 16.0 Å². The van der Waals surface area contributed by atoms with Crippen LogP contribution in [-0.4, -0.2) is 38.4 Å². The summed E-state index contributed by atoms with van der Waals surface area (Å²) in [5.74, 6) is 1.48. The van der Waals surface area contributed by atoms with Crippen molar-refractivity contribution in [1.29, 1.82) is 0 Å². The number of halogens is 1. The van der Waals surface area contributed by atoms with Crippen LogP contribution in [0.5, 0.6) is 0 Å². The van der Waals surface area contributed by atoms with Gasteiger partial charge in [0.25, 0.3) is 0 Å². The van der Waals surface area contributed by atoms with Crippen molar-refractivity contribution < 1.29 is 10.2 Å². The zero-order valence-electron chi connectivity index (χ0n) is 10.5. The molecule has 1 aromatic rings. The number of aromatic nitrogens is 2. The topological polar surface area (TPSA) is 78.3 Å². The van der Waals surface area contributed by atoms with Gasteiger partial charge in [0, 0.05) is 6.04 Å². The molecule has 0 saturated heterocycles. The van der Waals surface area contributed by atoms with E-state index < -0.39 is 12.2 Å². The van der Waals surface area contributed by atoms with E-state index in [1.807, 2.05) is 13.8 Å². The third-order valence-corrected chi connectivity index (χ3v) is 4.20. The first-order chi connectivity index (χ1) is 8.47. The van der Waals surface area contributed by atoms with Gasteiger partial charge in [0.1, 0.15) is 11.6 Å². The highest BCUT2D eigenvalue weighted by molar-refractivity contribution is 9.10. The molecule has 1 saturated carbocycles. The average Bonchev–Trinajstić information content (AvgIpc) is 2.30. The molecule has 0 aliphatic heterocycles. The van der Waals surface area contributed by atoms with Crippen LogP contribution < -0.4 is 5.32 Å². The third kappa shape index (κ3) is 2.99. The predicted octanol–water partition coefficient (Wildman–Crippen LogP) is 1.54. The van der Waals surface area contributed by atoms with Crippen LogP contribution in [0.2, 0.25) is 0 Å². The average molecular weight is 316 g/mol. The van der Waals surface area contributed by atoms with Crippen molar-refractivity contribution in [2.45, 2.75) is 51.4 Å². The van der Waals surface area contributed by atoms with Crippen LogP contribution in [-0.2, 0) is 0 Å². The maximum absolute atomic E-state index is 9.67. The highest BCUT2D eigenvalue weighted by atomic mass is 79.9. The summed E-state index contributed by atoms with van der Waals surface area (Å²) in [5, 5.41) is 22.5. The molecular weight excluding hydrogens is 298 g/mol. The molecule has 0 bridgehead atoms. The minimum atomic E-state index is -0.654. The summed E-state index contributed by atoms with van der Waals surface area (Å²) in [5.41, 5.74) is 0.890. The summed E-state index contributed by atoms with van der Waals surface area (Å²) in [7, 11) is 0. The van der Waals surface area contributed by atoms with Crippen molar-refractivity contribution in [2.24, 2.45) is 0 Å². The molecule has 3 N–H and O–H groups in total. The van der Waals surface area contributed by atoms with Gasteiger partial charge in [-0.1, -0.05) is 0 Å². The second-order valence-corrected chi connectivity index (χ2v) is 5.60. The predicted molar refractivity (Wildman–Crippen MR) is 72.5 cm³/mol. The van der Waals surface area contributed by atoms with Crippen molar-refractivity contribution in [1.82, 2.24) is 9.97 Å². The van der Waals surface area contributed by atoms with Gasteiger partial charge in [-0.25, -0.2) is 9.97 Å². The number of nitrogens with one attached hydrogen (secondary N) is 1.